The Morgan fingerprint density at radius 2 is 1.44 bits per heavy atom. The van der Waals surface area contributed by atoms with Gasteiger partial charge in [-0.25, -0.2) is 0 Å². The molecule has 2 rings (SSSR count). The topological polar surface area (TPSA) is 42.2 Å². The molecule has 25 heavy (non-hydrogen) atoms. The number of rotatable bonds is 10. The molecule has 2 fully saturated rings. The Balaban J connectivity index is 1.71. The minimum atomic E-state index is -0.394. The van der Waals surface area contributed by atoms with Crippen molar-refractivity contribution in [2.24, 2.45) is 17.3 Å². The smallest absolute Gasteiger partial charge is 0.176 e. The zero-order valence-electron chi connectivity index (χ0n) is 16.6. The second kappa shape index (κ2) is 11.2. The predicted octanol–water partition coefficient (Wildman–Crippen LogP) is 6.23. The van der Waals surface area contributed by atoms with E-state index in [9.17, 15) is 5.26 Å². The molecule has 0 bridgehead atoms. The average molecular weight is 350 g/mol. The Hall–Kier alpha value is -0.590. The summed E-state index contributed by atoms with van der Waals surface area (Å²) in [5.41, 5.74) is -0.394. The lowest BCUT2D eigenvalue weighted by Gasteiger charge is -2.42. The van der Waals surface area contributed by atoms with Gasteiger partial charge in [0, 0.05) is 5.92 Å². The molecular weight excluding hydrogens is 310 g/mol. The van der Waals surface area contributed by atoms with Crippen LogP contribution in [0.1, 0.15) is 97.3 Å². The van der Waals surface area contributed by atoms with E-state index < -0.39 is 5.41 Å². The monoisotopic (exact) mass is 349 g/mol. The molecule has 0 spiro atoms. The molecule has 1 heterocycles. The Morgan fingerprint density at radius 1 is 0.840 bits per heavy atom. The number of ether oxygens (including phenoxy) is 2. The van der Waals surface area contributed by atoms with Crippen LogP contribution < -0.4 is 0 Å². The quantitative estimate of drug-likeness (QED) is 0.439. The SMILES string of the molecule is CCCCCCC[C@H]1CC[C@](C#N)(C2OCC(CCCC)CO2)CC1. The van der Waals surface area contributed by atoms with Gasteiger partial charge < -0.3 is 9.47 Å². The molecule has 1 saturated heterocycles. The normalized spacial score (nSPS) is 33.1. The molecule has 0 atom stereocenters. The third kappa shape index (κ3) is 6.26. The van der Waals surface area contributed by atoms with E-state index in [4.69, 9.17) is 9.47 Å². The molecule has 0 aromatic carbocycles. The maximum absolute atomic E-state index is 9.85. The van der Waals surface area contributed by atoms with Gasteiger partial charge in [0.25, 0.3) is 0 Å². The Kier molecular flexibility index (Phi) is 9.28. The van der Waals surface area contributed by atoms with Crippen molar-refractivity contribution in [3.8, 4) is 6.07 Å². The fourth-order valence-electron chi connectivity index (χ4n) is 4.44. The van der Waals surface area contributed by atoms with Crippen LogP contribution >= 0.6 is 0 Å². The van der Waals surface area contributed by atoms with Crippen molar-refractivity contribution in [1.29, 1.82) is 5.26 Å². The van der Waals surface area contributed by atoms with Crippen LogP contribution in [0.5, 0.6) is 0 Å². The molecule has 0 radical (unpaired) electrons. The second-order valence-corrected chi connectivity index (χ2v) is 8.42. The third-order valence-electron chi connectivity index (χ3n) is 6.32. The summed E-state index contributed by atoms with van der Waals surface area (Å²) < 4.78 is 12.1. The highest BCUT2D eigenvalue weighted by Gasteiger charge is 2.45. The van der Waals surface area contributed by atoms with Crippen LogP contribution in [-0.4, -0.2) is 19.5 Å². The van der Waals surface area contributed by atoms with Crippen molar-refractivity contribution in [2.45, 2.75) is 104 Å². The van der Waals surface area contributed by atoms with Gasteiger partial charge in [0.05, 0.1) is 19.3 Å². The molecule has 0 aromatic heterocycles. The van der Waals surface area contributed by atoms with Gasteiger partial charge in [0.1, 0.15) is 5.41 Å². The van der Waals surface area contributed by atoms with Crippen molar-refractivity contribution in [2.75, 3.05) is 13.2 Å². The maximum atomic E-state index is 9.85. The van der Waals surface area contributed by atoms with Crippen LogP contribution in [0.3, 0.4) is 0 Å². The first kappa shape index (κ1) is 20.7. The molecule has 3 heteroatoms. The molecule has 2 aliphatic rings. The summed E-state index contributed by atoms with van der Waals surface area (Å²) >= 11 is 0. The molecule has 3 nitrogen and oxygen atoms in total. The number of hydrogen-bond donors (Lipinski definition) is 0. The highest BCUT2D eigenvalue weighted by Crippen LogP contribution is 2.45. The van der Waals surface area contributed by atoms with Gasteiger partial charge in [-0.15, -0.1) is 0 Å². The lowest BCUT2D eigenvalue weighted by atomic mass is 9.69. The number of nitriles is 1. The lowest BCUT2D eigenvalue weighted by molar-refractivity contribution is -0.247. The van der Waals surface area contributed by atoms with Gasteiger partial charge in [0.2, 0.25) is 0 Å². The number of unbranched alkanes of at least 4 members (excludes halogenated alkanes) is 5. The van der Waals surface area contributed by atoms with Gasteiger partial charge >= 0.3 is 0 Å². The van der Waals surface area contributed by atoms with Gasteiger partial charge in [-0.3, -0.25) is 0 Å². The van der Waals surface area contributed by atoms with E-state index in [0.29, 0.717) is 5.92 Å². The van der Waals surface area contributed by atoms with Gasteiger partial charge in [-0.05, 0) is 38.0 Å². The summed E-state index contributed by atoms with van der Waals surface area (Å²) in [6.45, 7) is 6.04. The van der Waals surface area contributed by atoms with Crippen LogP contribution in [0, 0.1) is 28.6 Å². The van der Waals surface area contributed by atoms with E-state index in [1.54, 1.807) is 0 Å². The summed E-state index contributed by atoms with van der Waals surface area (Å²) in [6, 6.07) is 2.60. The summed E-state index contributed by atoms with van der Waals surface area (Å²) in [5.74, 6) is 1.33. The highest BCUT2D eigenvalue weighted by atomic mass is 16.7. The van der Waals surface area contributed by atoms with E-state index in [1.165, 1.54) is 70.6 Å². The molecular formula is C22H39NO2. The fourth-order valence-corrected chi connectivity index (χ4v) is 4.44. The molecule has 0 unspecified atom stereocenters. The first-order valence-electron chi connectivity index (χ1n) is 10.9. The number of nitrogens with zero attached hydrogens (tertiary/aromatic N) is 1. The minimum Gasteiger partial charge on any atom is -0.351 e. The van der Waals surface area contributed by atoms with E-state index in [1.807, 2.05) is 0 Å². The van der Waals surface area contributed by atoms with E-state index in [2.05, 4.69) is 19.9 Å². The van der Waals surface area contributed by atoms with E-state index >= 15 is 0 Å². The Bertz CT molecular complexity index is 387. The van der Waals surface area contributed by atoms with Crippen molar-refractivity contribution < 1.29 is 9.47 Å². The van der Waals surface area contributed by atoms with Crippen molar-refractivity contribution in [3.05, 3.63) is 0 Å². The molecule has 1 aliphatic heterocycles. The molecule has 144 valence electrons. The molecule has 0 amide bonds. The van der Waals surface area contributed by atoms with Crippen molar-refractivity contribution in [3.63, 3.8) is 0 Å². The fraction of sp³-hybridized carbons (Fsp3) is 0.955. The van der Waals surface area contributed by atoms with Crippen molar-refractivity contribution in [1.82, 2.24) is 0 Å². The molecule has 0 N–H and O–H groups in total. The van der Waals surface area contributed by atoms with Crippen LogP contribution in [0.25, 0.3) is 0 Å². The van der Waals surface area contributed by atoms with Crippen LogP contribution in [0.2, 0.25) is 0 Å². The highest BCUT2D eigenvalue weighted by molar-refractivity contribution is 5.04. The molecule has 1 aliphatic carbocycles. The van der Waals surface area contributed by atoms with E-state index in [-0.39, 0.29) is 6.29 Å². The maximum Gasteiger partial charge on any atom is 0.176 e. The van der Waals surface area contributed by atoms with Gasteiger partial charge in [-0.1, -0.05) is 65.2 Å². The minimum absolute atomic E-state index is 0.291. The lowest BCUT2D eigenvalue weighted by Crippen LogP contribution is -2.45. The van der Waals surface area contributed by atoms with Crippen LogP contribution in [0.15, 0.2) is 0 Å². The third-order valence-corrected chi connectivity index (χ3v) is 6.32. The zero-order valence-corrected chi connectivity index (χ0v) is 16.6. The largest absolute Gasteiger partial charge is 0.351 e. The first-order chi connectivity index (χ1) is 12.2. The Labute approximate surface area is 155 Å². The van der Waals surface area contributed by atoms with Gasteiger partial charge in [-0.2, -0.15) is 5.26 Å². The molecule has 0 aromatic rings. The van der Waals surface area contributed by atoms with E-state index in [0.717, 1.165) is 32.0 Å². The van der Waals surface area contributed by atoms with Crippen molar-refractivity contribution >= 4 is 0 Å². The summed E-state index contributed by atoms with van der Waals surface area (Å²) in [7, 11) is 0. The van der Waals surface area contributed by atoms with Crippen LogP contribution in [-0.2, 0) is 9.47 Å². The summed E-state index contributed by atoms with van der Waals surface area (Å²) in [6.07, 6.45) is 15.8. The Morgan fingerprint density at radius 3 is 2.04 bits per heavy atom. The summed E-state index contributed by atoms with van der Waals surface area (Å²) in [4.78, 5) is 0. The van der Waals surface area contributed by atoms with Gasteiger partial charge in [0.15, 0.2) is 6.29 Å². The number of hydrogen-bond acceptors (Lipinski definition) is 3. The summed E-state index contributed by atoms with van der Waals surface area (Å²) in [5, 5.41) is 9.85. The zero-order chi connectivity index (χ0) is 18.0. The average Bonchev–Trinajstić information content (AvgIpc) is 2.67. The van der Waals surface area contributed by atoms with Crippen LogP contribution in [0.4, 0.5) is 0 Å². The standard InChI is InChI=1S/C22H39NO2/c1-3-5-7-8-9-11-19-12-14-22(18-23,15-13-19)21-24-16-20(17-25-21)10-6-4-2/h19-21H,3-17H2,1-2H3/t19-,20?,21?,22-. The molecule has 1 saturated carbocycles. The second-order valence-electron chi connectivity index (χ2n) is 8.42. The first-order valence-corrected chi connectivity index (χ1v) is 10.9. The predicted molar refractivity (Wildman–Crippen MR) is 102 cm³/mol.